The molecule has 0 bridgehead atoms. The van der Waals surface area contributed by atoms with Crippen LogP contribution >= 0.6 is 11.3 Å². The molecular formula is C10H13N7O2S2. The van der Waals surface area contributed by atoms with Gasteiger partial charge in [-0.05, 0) is 6.07 Å². The summed E-state index contributed by atoms with van der Waals surface area (Å²) < 4.78 is 30.5. The Balaban J connectivity index is 1.94. The quantitative estimate of drug-likeness (QED) is 0.444. The molecule has 0 aliphatic heterocycles. The van der Waals surface area contributed by atoms with Crippen molar-refractivity contribution >= 4 is 32.1 Å². The van der Waals surface area contributed by atoms with Crippen LogP contribution in [0.1, 0.15) is 5.69 Å². The molecule has 0 radical (unpaired) electrons. The van der Waals surface area contributed by atoms with E-state index < -0.39 is 10.0 Å². The van der Waals surface area contributed by atoms with Gasteiger partial charge in [0.1, 0.15) is 0 Å². The second kappa shape index (κ2) is 5.11. The fourth-order valence-electron chi connectivity index (χ4n) is 1.91. The van der Waals surface area contributed by atoms with Crippen LogP contribution in [0.25, 0.3) is 4.96 Å². The number of hydrazine groups is 1. The maximum Gasteiger partial charge on any atom is 0.260 e. The van der Waals surface area contributed by atoms with Gasteiger partial charge in [0, 0.05) is 24.8 Å². The van der Waals surface area contributed by atoms with Crippen molar-refractivity contribution in [1.29, 1.82) is 0 Å². The third-order valence-electron chi connectivity index (χ3n) is 2.82. The normalized spacial score (nSPS) is 12.1. The third kappa shape index (κ3) is 2.51. The van der Waals surface area contributed by atoms with E-state index >= 15 is 0 Å². The highest BCUT2D eigenvalue weighted by atomic mass is 32.2. The molecule has 0 amide bonds. The fraction of sp³-hybridized carbons (Fsp3) is 0.200. The Labute approximate surface area is 124 Å². The number of fused-ring (bicyclic) bond motifs is 1. The summed E-state index contributed by atoms with van der Waals surface area (Å²) in [6, 6.07) is 1.74. The molecule has 4 N–H and O–H groups in total. The standard InChI is InChI=1S/C10H13N7O2S2/c1-16-3-2-7(15-16)6-12-21(18,19)9-8(14-11)13-10-17(9)4-5-20-10/h2-5,12,14H,6,11H2,1H3. The summed E-state index contributed by atoms with van der Waals surface area (Å²) in [6.07, 6.45) is 3.37. The summed E-state index contributed by atoms with van der Waals surface area (Å²) in [7, 11) is -2.02. The van der Waals surface area contributed by atoms with Crippen LogP contribution in [0.3, 0.4) is 0 Å². The summed E-state index contributed by atoms with van der Waals surface area (Å²) in [5, 5.41) is 5.85. The van der Waals surface area contributed by atoms with Crippen LogP contribution in [-0.2, 0) is 23.6 Å². The average Bonchev–Trinajstić information content (AvgIpc) is 3.10. The fourth-order valence-corrected chi connectivity index (χ4v) is 3.92. The SMILES string of the molecule is Cn1ccc(CNS(=O)(=O)c2c(NN)nc3sccn23)n1. The minimum Gasteiger partial charge on any atom is -0.306 e. The lowest BCUT2D eigenvalue weighted by Crippen LogP contribution is -2.26. The molecule has 0 unspecified atom stereocenters. The topological polar surface area (TPSA) is 119 Å². The number of nitrogen functional groups attached to an aromatic ring is 1. The predicted molar refractivity (Wildman–Crippen MR) is 78.1 cm³/mol. The van der Waals surface area contributed by atoms with Gasteiger partial charge in [0.05, 0.1) is 12.2 Å². The Morgan fingerprint density at radius 2 is 2.24 bits per heavy atom. The number of hydrogen-bond donors (Lipinski definition) is 3. The van der Waals surface area contributed by atoms with Gasteiger partial charge in [0.25, 0.3) is 10.0 Å². The van der Waals surface area contributed by atoms with Gasteiger partial charge in [-0.2, -0.15) is 10.1 Å². The zero-order chi connectivity index (χ0) is 15.0. The lowest BCUT2D eigenvalue weighted by molar-refractivity contribution is 0.575. The number of nitrogens with one attached hydrogen (secondary N) is 2. The van der Waals surface area contributed by atoms with Gasteiger partial charge in [-0.15, -0.1) is 11.3 Å². The van der Waals surface area contributed by atoms with Gasteiger partial charge >= 0.3 is 0 Å². The highest BCUT2D eigenvalue weighted by Crippen LogP contribution is 2.24. The summed E-state index contributed by atoms with van der Waals surface area (Å²) in [4.78, 5) is 4.67. The number of imidazole rings is 1. The van der Waals surface area contributed by atoms with Crippen LogP contribution in [0.4, 0.5) is 5.82 Å². The second-order valence-electron chi connectivity index (χ2n) is 4.27. The van der Waals surface area contributed by atoms with Crippen molar-refractivity contribution in [3.8, 4) is 0 Å². The first-order valence-electron chi connectivity index (χ1n) is 5.91. The molecule has 0 spiro atoms. The lowest BCUT2D eigenvalue weighted by atomic mass is 10.4. The van der Waals surface area contributed by atoms with Crippen LogP contribution < -0.4 is 16.0 Å². The molecule has 3 heterocycles. The molecular weight excluding hydrogens is 314 g/mol. The zero-order valence-corrected chi connectivity index (χ0v) is 12.6. The minimum atomic E-state index is -3.78. The number of nitrogens with zero attached hydrogens (tertiary/aromatic N) is 4. The highest BCUT2D eigenvalue weighted by molar-refractivity contribution is 7.89. The van der Waals surface area contributed by atoms with E-state index in [0.717, 1.165) is 0 Å². The van der Waals surface area contributed by atoms with Gasteiger partial charge in [0.15, 0.2) is 10.8 Å². The summed E-state index contributed by atoms with van der Waals surface area (Å²) >= 11 is 1.32. The number of sulfonamides is 1. The van der Waals surface area contributed by atoms with Gasteiger partial charge in [0.2, 0.25) is 5.03 Å². The Morgan fingerprint density at radius 1 is 1.43 bits per heavy atom. The minimum absolute atomic E-state index is 0.0165. The first kappa shape index (κ1) is 14.0. The van der Waals surface area contributed by atoms with E-state index in [1.807, 2.05) is 0 Å². The van der Waals surface area contributed by atoms with Crippen LogP contribution in [0.2, 0.25) is 0 Å². The van der Waals surface area contributed by atoms with Crippen LogP contribution in [-0.4, -0.2) is 27.6 Å². The van der Waals surface area contributed by atoms with Crippen molar-refractivity contribution in [3.05, 3.63) is 29.5 Å². The van der Waals surface area contributed by atoms with Crippen LogP contribution in [0, 0.1) is 0 Å². The van der Waals surface area contributed by atoms with E-state index in [1.54, 1.807) is 35.6 Å². The van der Waals surface area contributed by atoms with Gasteiger partial charge in [-0.25, -0.2) is 19.0 Å². The molecule has 3 aromatic heterocycles. The number of aromatic nitrogens is 4. The Morgan fingerprint density at radius 3 is 2.90 bits per heavy atom. The average molecular weight is 327 g/mol. The van der Waals surface area contributed by atoms with Crippen molar-refractivity contribution in [1.82, 2.24) is 23.9 Å². The Kier molecular flexibility index (Phi) is 3.41. The van der Waals surface area contributed by atoms with E-state index in [0.29, 0.717) is 10.7 Å². The van der Waals surface area contributed by atoms with E-state index in [2.05, 4.69) is 20.2 Å². The number of nitrogens with two attached hydrogens (primary N) is 1. The first-order valence-corrected chi connectivity index (χ1v) is 8.28. The molecule has 3 rings (SSSR count). The maximum atomic E-state index is 12.5. The molecule has 0 fully saturated rings. The van der Waals surface area contributed by atoms with E-state index in [4.69, 9.17) is 5.84 Å². The number of aryl methyl sites for hydroxylation is 1. The van der Waals surface area contributed by atoms with Crippen molar-refractivity contribution < 1.29 is 8.42 Å². The molecule has 3 aromatic rings. The predicted octanol–water partition coefficient (Wildman–Crippen LogP) is -0.107. The number of anilines is 1. The van der Waals surface area contributed by atoms with Gasteiger partial charge < -0.3 is 5.43 Å². The number of hydrogen-bond acceptors (Lipinski definition) is 7. The third-order valence-corrected chi connectivity index (χ3v) is 5.00. The largest absolute Gasteiger partial charge is 0.306 e. The molecule has 112 valence electrons. The maximum absolute atomic E-state index is 12.5. The first-order chi connectivity index (χ1) is 10.0. The van der Waals surface area contributed by atoms with E-state index in [-0.39, 0.29) is 17.4 Å². The number of thiazole rings is 1. The molecule has 0 aromatic carbocycles. The molecule has 0 aliphatic rings. The van der Waals surface area contributed by atoms with Gasteiger partial charge in [-0.3, -0.25) is 9.08 Å². The lowest BCUT2D eigenvalue weighted by Gasteiger charge is -2.06. The Hall–Kier alpha value is -1.95. The molecule has 0 saturated carbocycles. The molecule has 0 atom stereocenters. The smallest absolute Gasteiger partial charge is 0.260 e. The van der Waals surface area contributed by atoms with Gasteiger partial charge in [-0.1, -0.05) is 0 Å². The second-order valence-corrected chi connectivity index (χ2v) is 6.83. The molecule has 21 heavy (non-hydrogen) atoms. The van der Waals surface area contributed by atoms with Crippen molar-refractivity contribution in [2.45, 2.75) is 11.6 Å². The molecule has 0 saturated heterocycles. The molecule has 9 nitrogen and oxygen atoms in total. The Bertz CT molecular complexity index is 876. The van der Waals surface area contributed by atoms with Crippen LogP contribution in [0.15, 0.2) is 28.9 Å². The molecule has 0 aliphatic carbocycles. The van der Waals surface area contributed by atoms with Crippen LogP contribution in [0.5, 0.6) is 0 Å². The van der Waals surface area contributed by atoms with Crippen molar-refractivity contribution in [2.24, 2.45) is 12.9 Å². The summed E-state index contributed by atoms with van der Waals surface area (Å²) in [5.41, 5.74) is 2.94. The zero-order valence-electron chi connectivity index (χ0n) is 11.0. The molecule has 11 heteroatoms. The van der Waals surface area contributed by atoms with Crippen molar-refractivity contribution in [2.75, 3.05) is 5.43 Å². The van der Waals surface area contributed by atoms with Crippen molar-refractivity contribution in [3.63, 3.8) is 0 Å². The summed E-state index contributed by atoms with van der Waals surface area (Å²) in [6.45, 7) is 0.0879. The van der Waals surface area contributed by atoms with E-state index in [9.17, 15) is 8.42 Å². The summed E-state index contributed by atoms with van der Waals surface area (Å²) in [5.74, 6) is 5.46. The monoisotopic (exact) mass is 327 g/mol. The van der Waals surface area contributed by atoms with E-state index in [1.165, 1.54) is 15.7 Å². The highest BCUT2D eigenvalue weighted by Gasteiger charge is 2.25. The number of rotatable bonds is 5.